The molecule has 0 spiro atoms. The Bertz CT molecular complexity index is 348. The van der Waals surface area contributed by atoms with E-state index in [4.69, 9.17) is 10.5 Å². The van der Waals surface area contributed by atoms with Crippen molar-refractivity contribution in [2.24, 2.45) is 5.73 Å². The van der Waals surface area contributed by atoms with Crippen LogP contribution in [0.25, 0.3) is 0 Å². The number of aryl methyl sites for hydroxylation is 2. The van der Waals surface area contributed by atoms with E-state index in [1.165, 1.54) is 0 Å². The molecule has 84 valence electrons. The minimum absolute atomic E-state index is 0.297. The number of ether oxygens (including phenoxy) is 1. The number of carbonyl (C=O) groups excluding carboxylic acids is 1. The van der Waals surface area contributed by atoms with Crippen molar-refractivity contribution < 1.29 is 9.53 Å². The van der Waals surface area contributed by atoms with Gasteiger partial charge in [0.1, 0.15) is 17.7 Å². The van der Waals surface area contributed by atoms with Crippen LogP contribution in [0.5, 0.6) is 0 Å². The molecule has 1 atom stereocenters. The van der Waals surface area contributed by atoms with Crippen LogP contribution in [0.1, 0.15) is 18.6 Å². The quantitative estimate of drug-likeness (QED) is 0.698. The highest BCUT2D eigenvalue weighted by molar-refractivity contribution is 5.75. The van der Waals surface area contributed by atoms with Gasteiger partial charge in [-0.05, 0) is 20.8 Å². The Balaban J connectivity index is 2.61. The fraction of sp³-hybridized carbons (Fsp3) is 0.667. The summed E-state index contributed by atoms with van der Waals surface area (Å²) < 4.78 is 6.41. The van der Waals surface area contributed by atoms with Crippen LogP contribution in [0.15, 0.2) is 0 Å². The average Bonchev–Trinajstić information content (AvgIpc) is 2.45. The van der Waals surface area contributed by atoms with Crippen molar-refractivity contribution in [3.8, 4) is 0 Å². The van der Waals surface area contributed by atoms with Crippen LogP contribution in [-0.2, 0) is 16.1 Å². The molecule has 1 aromatic rings. The lowest BCUT2D eigenvalue weighted by Gasteiger charge is -2.10. The Morgan fingerprint density at radius 2 is 2.27 bits per heavy atom. The number of rotatable bonds is 4. The molecular weight excluding hydrogens is 196 g/mol. The van der Waals surface area contributed by atoms with Crippen LogP contribution < -0.4 is 5.73 Å². The first-order valence-corrected chi connectivity index (χ1v) is 4.84. The van der Waals surface area contributed by atoms with E-state index in [-0.39, 0.29) is 0 Å². The molecule has 1 aromatic heterocycles. The van der Waals surface area contributed by atoms with E-state index in [1.807, 2.05) is 6.92 Å². The van der Waals surface area contributed by atoms with Gasteiger partial charge >= 0.3 is 5.97 Å². The molecule has 0 bridgehead atoms. The van der Waals surface area contributed by atoms with Crippen molar-refractivity contribution in [1.82, 2.24) is 14.8 Å². The van der Waals surface area contributed by atoms with Gasteiger partial charge in [0.15, 0.2) is 0 Å². The lowest BCUT2D eigenvalue weighted by Crippen LogP contribution is -2.37. The minimum Gasteiger partial charge on any atom is -0.465 e. The first-order chi connectivity index (χ1) is 7.04. The third-order valence-corrected chi connectivity index (χ3v) is 1.92. The Morgan fingerprint density at radius 3 is 2.73 bits per heavy atom. The predicted octanol–water partition coefficient (Wildman–Crippen LogP) is -0.215. The standard InChI is InChI=1S/C9H16N4O2/c1-4-15-9(14)8(10)5-13-7(3)11-6(2)12-13/h8H,4-5,10H2,1-3H3. The van der Waals surface area contributed by atoms with Gasteiger partial charge in [-0.2, -0.15) is 5.10 Å². The molecule has 6 nitrogen and oxygen atoms in total. The zero-order valence-electron chi connectivity index (χ0n) is 9.23. The topological polar surface area (TPSA) is 83.0 Å². The molecule has 0 saturated heterocycles. The molecule has 1 heterocycles. The van der Waals surface area contributed by atoms with Gasteiger partial charge in [-0.3, -0.25) is 4.79 Å². The second-order valence-corrected chi connectivity index (χ2v) is 3.25. The molecule has 0 radical (unpaired) electrons. The second kappa shape index (κ2) is 4.88. The summed E-state index contributed by atoms with van der Waals surface area (Å²) in [5.74, 6) is 1.00. The van der Waals surface area contributed by atoms with Crippen LogP contribution in [0.2, 0.25) is 0 Å². The number of aromatic nitrogens is 3. The lowest BCUT2D eigenvalue weighted by molar-refractivity contribution is -0.145. The maximum atomic E-state index is 11.3. The average molecular weight is 212 g/mol. The summed E-state index contributed by atoms with van der Waals surface area (Å²) in [6.45, 7) is 5.99. The summed E-state index contributed by atoms with van der Waals surface area (Å²) in [6.07, 6.45) is 0. The Morgan fingerprint density at radius 1 is 1.60 bits per heavy atom. The third kappa shape index (κ3) is 3.02. The predicted molar refractivity (Wildman–Crippen MR) is 54.1 cm³/mol. The smallest absolute Gasteiger partial charge is 0.324 e. The van der Waals surface area contributed by atoms with E-state index in [2.05, 4.69) is 10.1 Å². The molecule has 15 heavy (non-hydrogen) atoms. The molecule has 6 heteroatoms. The summed E-state index contributed by atoms with van der Waals surface area (Å²) in [6, 6.07) is -0.690. The highest BCUT2D eigenvalue weighted by Gasteiger charge is 2.16. The highest BCUT2D eigenvalue weighted by atomic mass is 16.5. The number of hydrogen-bond acceptors (Lipinski definition) is 5. The number of nitrogens with two attached hydrogens (primary N) is 1. The molecule has 0 aliphatic carbocycles. The van der Waals surface area contributed by atoms with Crippen LogP contribution >= 0.6 is 0 Å². The van der Waals surface area contributed by atoms with Crippen molar-refractivity contribution in [2.75, 3.05) is 6.61 Å². The Hall–Kier alpha value is -1.43. The van der Waals surface area contributed by atoms with Gasteiger partial charge in [0.05, 0.1) is 13.2 Å². The maximum absolute atomic E-state index is 11.3. The van der Waals surface area contributed by atoms with Gasteiger partial charge in [0.2, 0.25) is 0 Å². The van der Waals surface area contributed by atoms with Gasteiger partial charge in [-0.15, -0.1) is 0 Å². The lowest BCUT2D eigenvalue weighted by atomic mass is 10.3. The molecule has 0 aliphatic rings. The first-order valence-electron chi connectivity index (χ1n) is 4.84. The van der Waals surface area contributed by atoms with Crippen LogP contribution in [-0.4, -0.2) is 33.4 Å². The molecule has 2 N–H and O–H groups in total. The van der Waals surface area contributed by atoms with Crippen molar-refractivity contribution in [3.05, 3.63) is 11.6 Å². The second-order valence-electron chi connectivity index (χ2n) is 3.25. The highest BCUT2D eigenvalue weighted by Crippen LogP contribution is 1.98. The Labute approximate surface area is 88.4 Å². The van der Waals surface area contributed by atoms with E-state index in [0.717, 1.165) is 5.82 Å². The van der Waals surface area contributed by atoms with Crippen LogP contribution in [0.3, 0.4) is 0 Å². The fourth-order valence-corrected chi connectivity index (χ4v) is 1.24. The first kappa shape index (κ1) is 11.6. The molecule has 0 aliphatic heterocycles. The van der Waals surface area contributed by atoms with Crippen molar-refractivity contribution in [2.45, 2.75) is 33.4 Å². The normalized spacial score (nSPS) is 12.5. The van der Waals surface area contributed by atoms with Crippen molar-refractivity contribution in [1.29, 1.82) is 0 Å². The summed E-state index contributed by atoms with van der Waals surface area (Å²) in [5.41, 5.74) is 5.65. The van der Waals surface area contributed by atoms with Crippen molar-refractivity contribution in [3.63, 3.8) is 0 Å². The van der Waals surface area contributed by atoms with Gasteiger partial charge < -0.3 is 10.5 Å². The molecule has 1 unspecified atom stereocenters. The number of hydrogen-bond donors (Lipinski definition) is 1. The number of nitrogens with zero attached hydrogens (tertiary/aromatic N) is 3. The fourth-order valence-electron chi connectivity index (χ4n) is 1.24. The van der Waals surface area contributed by atoms with E-state index < -0.39 is 12.0 Å². The van der Waals surface area contributed by atoms with Gasteiger partial charge in [0, 0.05) is 0 Å². The molecule has 1 rings (SSSR count). The molecule has 0 aromatic carbocycles. The monoisotopic (exact) mass is 212 g/mol. The summed E-state index contributed by atoms with van der Waals surface area (Å²) >= 11 is 0. The summed E-state index contributed by atoms with van der Waals surface area (Å²) in [5, 5.41) is 4.11. The van der Waals surface area contributed by atoms with Gasteiger partial charge in [-0.25, -0.2) is 9.67 Å². The Kier molecular flexibility index (Phi) is 3.79. The van der Waals surface area contributed by atoms with Crippen LogP contribution in [0, 0.1) is 13.8 Å². The molecule has 0 saturated carbocycles. The van der Waals surface area contributed by atoms with Gasteiger partial charge in [0.25, 0.3) is 0 Å². The third-order valence-electron chi connectivity index (χ3n) is 1.92. The summed E-state index contributed by atoms with van der Waals surface area (Å²) in [4.78, 5) is 15.4. The zero-order chi connectivity index (χ0) is 11.4. The van der Waals surface area contributed by atoms with Gasteiger partial charge in [-0.1, -0.05) is 0 Å². The van der Waals surface area contributed by atoms with Crippen LogP contribution in [0.4, 0.5) is 0 Å². The largest absolute Gasteiger partial charge is 0.465 e. The number of carbonyl (C=O) groups is 1. The maximum Gasteiger partial charge on any atom is 0.324 e. The zero-order valence-corrected chi connectivity index (χ0v) is 9.23. The van der Waals surface area contributed by atoms with E-state index in [0.29, 0.717) is 19.0 Å². The molecule has 0 fully saturated rings. The molecule has 0 amide bonds. The van der Waals surface area contributed by atoms with E-state index >= 15 is 0 Å². The SMILES string of the molecule is CCOC(=O)C(N)Cn1nc(C)nc1C. The number of esters is 1. The molecular formula is C9H16N4O2. The van der Waals surface area contributed by atoms with Crippen molar-refractivity contribution >= 4 is 5.97 Å². The van der Waals surface area contributed by atoms with E-state index in [9.17, 15) is 4.79 Å². The summed E-state index contributed by atoms with van der Waals surface area (Å²) in [7, 11) is 0. The van der Waals surface area contributed by atoms with E-state index in [1.54, 1.807) is 18.5 Å². The minimum atomic E-state index is -0.690.